The van der Waals surface area contributed by atoms with Crippen LogP contribution in [-0.4, -0.2) is 49.1 Å². The number of nitrogen functional groups attached to an aromatic ring is 1. The highest BCUT2D eigenvalue weighted by Crippen LogP contribution is 2.23. The molecule has 0 saturated heterocycles. The third kappa shape index (κ3) is 5.72. The topological polar surface area (TPSA) is 86.9 Å². The molecule has 0 radical (unpaired) electrons. The first-order valence-corrected chi connectivity index (χ1v) is 6.93. The van der Waals surface area contributed by atoms with Gasteiger partial charge in [-0.15, -0.1) is 0 Å². The van der Waals surface area contributed by atoms with Crippen LogP contribution in [0, 0.1) is 0 Å². The van der Waals surface area contributed by atoms with Crippen molar-refractivity contribution in [3.05, 3.63) is 24.3 Å². The fraction of sp³-hybridized carbons (Fsp3) is 0.467. The normalized spacial score (nSPS) is 10.2. The molecule has 1 aromatic rings. The smallest absolute Gasteiger partial charge is 0.305 e. The van der Waals surface area contributed by atoms with E-state index in [1.54, 1.807) is 25.1 Å². The Morgan fingerprint density at radius 1 is 1.14 bits per heavy atom. The van der Waals surface area contributed by atoms with Crippen LogP contribution in [0.4, 0.5) is 11.4 Å². The zero-order chi connectivity index (χ0) is 15.8. The summed E-state index contributed by atoms with van der Waals surface area (Å²) in [6.45, 7) is 0.973. The standard InChI is InChI=1S/C15H23N3O3/c1-17(2)14(19)8-5-10-18(11-9-15(20)21)13-7-4-3-6-12(13)16/h3-4,6-7H,5,8-11,16H2,1-2H3,(H,20,21). The van der Waals surface area contributed by atoms with Gasteiger partial charge in [-0.1, -0.05) is 12.1 Å². The molecule has 21 heavy (non-hydrogen) atoms. The molecular formula is C15H23N3O3. The van der Waals surface area contributed by atoms with Crippen LogP contribution in [-0.2, 0) is 9.59 Å². The van der Waals surface area contributed by atoms with Crippen LogP contribution in [0.5, 0.6) is 0 Å². The number of carboxylic acids is 1. The van der Waals surface area contributed by atoms with Gasteiger partial charge in [-0.2, -0.15) is 0 Å². The van der Waals surface area contributed by atoms with Crippen LogP contribution in [0.2, 0.25) is 0 Å². The zero-order valence-electron chi connectivity index (χ0n) is 12.6. The Bertz CT molecular complexity index is 489. The minimum atomic E-state index is -0.848. The molecule has 0 aliphatic heterocycles. The van der Waals surface area contributed by atoms with Crippen molar-refractivity contribution in [3.8, 4) is 0 Å². The van der Waals surface area contributed by atoms with Crippen molar-refractivity contribution in [1.82, 2.24) is 4.90 Å². The Morgan fingerprint density at radius 3 is 2.38 bits per heavy atom. The Kier molecular flexibility index (Phi) is 6.52. The van der Waals surface area contributed by atoms with E-state index < -0.39 is 5.97 Å². The van der Waals surface area contributed by atoms with Crippen molar-refractivity contribution in [2.24, 2.45) is 0 Å². The van der Waals surface area contributed by atoms with Crippen LogP contribution < -0.4 is 10.6 Å². The fourth-order valence-corrected chi connectivity index (χ4v) is 2.00. The van der Waals surface area contributed by atoms with E-state index >= 15 is 0 Å². The maximum atomic E-state index is 11.6. The summed E-state index contributed by atoms with van der Waals surface area (Å²) < 4.78 is 0. The number of anilines is 2. The molecule has 0 fully saturated rings. The number of rotatable bonds is 8. The molecule has 0 aliphatic carbocycles. The van der Waals surface area contributed by atoms with Gasteiger partial charge in [0.1, 0.15) is 0 Å². The van der Waals surface area contributed by atoms with Gasteiger partial charge >= 0.3 is 5.97 Å². The number of carbonyl (C=O) groups is 2. The molecule has 1 amide bonds. The summed E-state index contributed by atoms with van der Waals surface area (Å²) in [5, 5.41) is 8.85. The predicted molar refractivity (Wildman–Crippen MR) is 83.2 cm³/mol. The SMILES string of the molecule is CN(C)C(=O)CCCN(CCC(=O)O)c1ccccc1N. The number of nitrogens with zero attached hydrogens (tertiary/aromatic N) is 2. The lowest BCUT2D eigenvalue weighted by Gasteiger charge is -2.25. The van der Waals surface area contributed by atoms with E-state index in [-0.39, 0.29) is 12.3 Å². The molecule has 6 nitrogen and oxygen atoms in total. The van der Waals surface area contributed by atoms with Gasteiger partial charge < -0.3 is 20.6 Å². The number of carboxylic acid groups (broad SMARTS) is 1. The van der Waals surface area contributed by atoms with Gasteiger partial charge in [0.05, 0.1) is 17.8 Å². The average molecular weight is 293 g/mol. The molecule has 0 aliphatic rings. The van der Waals surface area contributed by atoms with Gasteiger partial charge in [0.15, 0.2) is 0 Å². The maximum Gasteiger partial charge on any atom is 0.305 e. The highest BCUT2D eigenvalue weighted by atomic mass is 16.4. The van der Waals surface area contributed by atoms with E-state index in [1.165, 1.54) is 0 Å². The molecule has 1 aromatic carbocycles. The van der Waals surface area contributed by atoms with Crippen molar-refractivity contribution in [2.45, 2.75) is 19.3 Å². The molecule has 0 unspecified atom stereocenters. The molecule has 6 heteroatoms. The molecule has 3 N–H and O–H groups in total. The van der Waals surface area contributed by atoms with Crippen molar-refractivity contribution < 1.29 is 14.7 Å². The second-order valence-corrected chi connectivity index (χ2v) is 5.08. The van der Waals surface area contributed by atoms with E-state index in [9.17, 15) is 9.59 Å². The molecule has 0 bridgehead atoms. The molecule has 0 aromatic heterocycles. The lowest BCUT2D eigenvalue weighted by Crippen LogP contribution is -2.29. The Hall–Kier alpha value is -2.24. The molecule has 0 atom stereocenters. The second kappa shape index (κ2) is 8.14. The van der Waals surface area contributed by atoms with Crippen LogP contribution >= 0.6 is 0 Å². The molecule has 0 spiro atoms. The number of nitrogens with two attached hydrogens (primary N) is 1. The van der Waals surface area contributed by atoms with Gasteiger partial charge in [-0.3, -0.25) is 9.59 Å². The summed E-state index contributed by atoms with van der Waals surface area (Å²) in [6.07, 6.45) is 1.13. The number of hydrogen-bond acceptors (Lipinski definition) is 4. The lowest BCUT2D eigenvalue weighted by atomic mass is 10.2. The summed E-state index contributed by atoms with van der Waals surface area (Å²) >= 11 is 0. The van der Waals surface area contributed by atoms with Crippen LogP contribution in [0.25, 0.3) is 0 Å². The number of benzene rings is 1. The van der Waals surface area contributed by atoms with E-state index in [0.29, 0.717) is 31.6 Å². The van der Waals surface area contributed by atoms with E-state index in [4.69, 9.17) is 10.8 Å². The highest BCUT2D eigenvalue weighted by Gasteiger charge is 2.12. The minimum Gasteiger partial charge on any atom is -0.481 e. The quantitative estimate of drug-likeness (QED) is 0.708. The third-order valence-electron chi connectivity index (χ3n) is 3.19. The summed E-state index contributed by atoms with van der Waals surface area (Å²) in [5.74, 6) is -0.784. The maximum absolute atomic E-state index is 11.6. The van der Waals surface area contributed by atoms with Crippen molar-refractivity contribution in [3.63, 3.8) is 0 Å². The van der Waals surface area contributed by atoms with Crippen LogP contribution in [0.3, 0.4) is 0 Å². The first-order valence-electron chi connectivity index (χ1n) is 6.93. The number of amides is 1. The number of hydrogen-bond donors (Lipinski definition) is 2. The summed E-state index contributed by atoms with van der Waals surface area (Å²) in [6, 6.07) is 7.35. The average Bonchev–Trinajstić information content (AvgIpc) is 2.43. The van der Waals surface area contributed by atoms with Gasteiger partial charge in [-0.25, -0.2) is 0 Å². The first kappa shape index (κ1) is 16.8. The summed E-state index contributed by atoms with van der Waals surface area (Å²) in [5.41, 5.74) is 7.37. The molecule has 0 heterocycles. The van der Waals surface area contributed by atoms with Gasteiger partial charge in [-0.05, 0) is 18.6 Å². The highest BCUT2D eigenvalue weighted by molar-refractivity contribution is 5.75. The molecule has 1 rings (SSSR count). The van der Waals surface area contributed by atoms with Crippen LogP contribution in [0.1, 0.15) is 19.3 Å². The zero-order valence-corrected chi connectivity index (χ0v) is 12.6. The predicted octanol–water partition coefficient (Wildman–Crippen LogP) is 1.42. The Labute approximate surface area is 125 Å². The molecule has 116 valence electrons. The monoisotopic (exact) mass is 293 g/mol. The second-order valence-electron chi connectivity index (χ2n) is 5.08. The van der Waals surface area contributed by atoms with Gasteiger partial charge in [0, 0.05) is 33.6 Å². The third-order valence-corrected chi connectivity index (χ3v) is 3.19. The first-order chi connectivity index (χ1) is 9.91. The number of carbonyl (C=O) groups excluding carboxylic acids is 1. The lowest BCUT2D eigenvalue weighted by molar-refractivity contribution is -0.136. The van der Waals surface area contributed by atoms with E-state index in [1.807, 2.05) is 23.1 Å². The summed E-state index contributed by atoms with van der Waals surface area (Å²) in [7, 11) is 3.44. The molecular weight excluding hydrogens is 270 g/mol. The number of aliphatic carboxylic acids is 1. The minimum absolute atomic E-state index is 0.0377. The van der Waals surface area contributed by atoms with Gasteiger partial charge in [0.2, 0.25) is 5.91 Å². The largest absolute Gasteiger partial charge is 0.481 e. The van der Waals surface area contributed by atoms with E-state index in [0.717, 1.165) is 5.69 Å². The van der Waals surface area contributed by atoms with Gasteiger partial charge in [0.25, 0.3) is 0 Å². The number of para-hydroxylation sites is 2. The Morgan fingerprint density at radius 2 is 1.81 bits per heavy atom. The van der Waals surface area contributed by atoms with Crippen molar-refractivity contribution >= 4 is 23.3 Å². The van der Waals surface area contributed by atoms with Crippen LogP contribution in [0.15, 0.2) is 24.3 Å². The fourth-order valence-electron chi connectivity index (χ4n) is 2.00. The Balaban J connectivity index is 2.67. The molecule has 0 saturated carbocycles. The van der Waals surface area contributed by atoms with E-state index in [2.05, 4.69) is 0 Å². The summed E-state index contributed by atoms with van der Waals surface area (Å²) in [4.78, 5) is 25.8. The van der Waals surface area contributed by atoms with Crippen molar-refractivity contribution in [2.75, 3.05) is 37.8 Å². The van der Waals surface area contributed by atoms with Crippen molar-refractivity contribution in [1.29, 1.82) is 0 Å².